The van der Waals surface area contributed by atoms with Crippen molar-refractivity contribution in [3.63, 3.8) is 0 Å². The highest BCUT2D eigenvalue weighted by molar-refractivity contribution is 7.09. The number of hydrogen-bond donors (Lipinski definition) is 2. The summed E-state index contributed by atoms with van der Waals surface area (Å²) < 4.78 is 0. The van der Waals surface area contributed by atoms with Crippen LogP contribution in [0.4, 0.5) is 0 Å². The van der Waals surface area contributed by atoms with E-state index in [1.807, 2.05) is 11.4 Å². The fourth-order valence-corrected chi connectivity index (χ4v) is 3.81. The highest BCUT2D eigenvalue weighted by Gasteiger charge is 2.40. The van der Waals surface area contributed by atoms with Crippen LogP contribution in [0.2, 0.25) is 0 Å². The van der Waals surface area contributed by atoms with Crippen molar-refractivity contribution in [2.45, 2.75) is 58.0 Å². The largest absolute Gasteiger partial charge is 0.480 e. The summed E-state index contributed by atoms with van der Waals surface area (Å²) in [5.41, 5.74) is -0.729. The summed E-state index contributed by atoms with van der Waals surface area (Å²) in [7, 11) is 0. The molecule has 0 aliphatic heterocycles. The van der Waals surface area contributed by atoms with Gasteiger partial charge >= 0.3 is 5.97 Å². The van der Waals surface area contributed by atoms with Crippen LogP contribution in [0.1, 0.15) is 50.8 Å². The van der Waals surface area contributed by atoms with Crippen molar-refractivity contribution < 1.29 is 9.90 Å². The predicted molar refractivity (Wildman–Crippen MR) is 82.9 cm³/mol. The Morgan fingerprint density at radius 1 is 1.50 bits per heavy atom. The van der Waals surface area contributed by atoms with Gasteiger partial charge in [-0.2, -0.15) is 0 Å². The first-order valence-corrected chi connectivity index (χ1v) is 8.42. The van der Waals surface area contributed by atoms with Crippen LogP contribution in [-0.2, 0) is 11.3 Å². The van der Waals surface area contributed by atoms with Gasteiger partial charge in [0.05, 0.1) is 0 Å². The maximum absolute atomic E-state index is 11.8. The van der Waals surface area contributed by atoms with E-state index in [1.54, 1.807) is 11.3 Å². The van der Waals surface area contributed by atoms with Gasteiger partial charge in [-0.25, -0.2) is 0 Å². The predicted octanol–water partition coefficient (Wildman–Crippen LogP) is 3.90. The third-order valence-electron chi connectivity index (χ3n) is 4.65. The third-order valence-corrected chi connectivity index (χ3v) is 5.53. The first-order valence-electron chi connectivity index (χ1n) is 7.54. The van der Waals surface area contributed by atoms with Gasteiger partial charge in [0, 0.05) is 11.4 Å². The molecule has 1 heterocycles. The lowest BCUT2D eigenvalue weighted by Gasteiger charge is -2.29. The van der Waals surface area contributed by atoms with E-state index < -0.39 is 11.5 Å². The monoisotopic (exact) mass is 295 g/mol. The summed E-state index contributed by atoms with van der Waals surface area (Å²) in [5.74, 6) is 0.634. The molecule has 3 nitrogen and oxygen atoms in total. The molecule has 1 aliphatic rings. The number of nitrogens with one attached hydrogen (secondary N) is 1. The Balaban J connectivity index is 2.03. The van der Waals surface area contributed by atoms with Crippen LogP contribution in [0.3, 0.4) is 0 Å². The fourth-order valence-electron chi connectivity index (χ4n) is 3.17. The molecule has 4 heteroatoms. The molecule has 112 valence electrons. The van der Waals surface area contributed by atoms with Gasteiger partial charge < -0.3 is 5.11 Å². The molecule has 0 radical (unpaired) electrons. The lowest BCUT2D eigenvalue weighted by Crippen LogP contribution is -2.51. The first-order chi connectivity index (χ1) is 9.53. The van der Waals surface area contributed by atoms with Gasteiger partial charge in [0.2, 0.25) is 0 Å². The van der Waals surface area contributed by atoms with Crippen LogP contribution in [0, 0.1) is 11.8 Å². The molecule has 20 heavy (non-hydrogen) atoms. The molecule has 2 N–H and O–H groups in total. The molecule has 0 aromatic carbocycles. The highest BCUT2D eigenvalue weighted by Crippen LogP contribution is 2.34. The summed E-state index contributed by atoms with van der Waals surface area (Å²) in [6, 6.07) is 4.07. The number of rotatable bonds is 5. The standard InChI is InChI=1S/C16H25NO2S/c1-12(2)13-5-3-8-16(9-7-13,15(18)19)17-11-14-6-4-10-20-14/h4,6,10,12-13,17H,3,5,7-9,11H2,1-2H3,(H,18,19). The topological polar surface area (TPSA) is 49.3 Å². The quantitative estimate of drug-likeness (QED) is 0.810. The Kier molecular flexibility index (Phi) is 5.22. The van der Waals surface area contributed by atoms with Crippen molar-refractivity contribution in [1.82, 2.24) is 5.32 Å². The summed E-state index contributed by atoms with van der Waals surface area (Å²) in [6.45, 7) is 5.16. The summed E-state index contributed by atoms with van der Waals surface area (Å²) in [6.07, 6.45) is 4.68. The number of hydrogen-bond acceptors (Lipinski definition) is 3. The van der Waals surface area contributed by atoms with E-state index in [0.29, 0.717) is 18.4 Å². The first kappa shape index (κ1) is 15.5. The number of carboxylic acids is 1. The second kappa shape index (κ2) is 6.72. The molecule has 1 saturated carbocycles. The second-order valence-corrected chi connectivity index (χ2v) is 7.29. The summed E-state index contributed by atoms with van der Waals surface area (Å²) in [5, 5.41) is 15.1. The average Bonchev–Trinajstić information content (AvgIpc) is 2.81. The van der Waals surface area contributed by atoms with Gasteiger partial charge in [-0.1, -0.05) is 32.8 Å². The van der Waals surface area contributed by atoms with Gasteiger partial charge in [0.1, 0.15) is 5.54 Å². The van der Waals surface area contributed by atoms with Crippen LogP contribution in [0.15, 0.2) is 17.5 Å². The van der Waals surface area contributed by atoms with Crippen LogP contribution in [-0.4, -0.2) is 16.6 Å². The van der Waals surface area contributed by atoms with E-state index in [-0.39, 0.29) is 0 Å². The van der Waals surface area contributed by atoms with E-state index >= 15 is 0 Å². The van der Waals surface area contributed by atoms with Crippen molar-refractivity contribution in [3.05, 3.63) is 22.4 Å². The van der Waals surface area contributed by atoms with Gasteiger partial charge in [0.25, 0.3) is 0 Å². The van der Waals surface area contributed by atoms with Crippen molar-refractivity contribution in [3.8, 4) is 0 Å². The molecule has 1 aromatic heterocycles. The van der Waals surface area contributed by atoms with Crippen molar-refractivity contribution in [2.75, 3.05) is 0 Å². The zero-order valence-corrected chi connectivity index (χ0v) is 13.2. The highest BCUT2D eigenvalue weighted by atomic mass is 32.1. The molecule has 2 unspecified atom stereocenters. The minimum Gasteiger partial charge on any atom is -0.480 e. The lowest BCUT2D eigenvalue weighted by atomic mass is 9.86. The van der Waals surface area contributed by atoms with E-state index in [4.69, 9.17) is 0 Å². The van der Waals surface area contributed by atoms with Gasteiger partial charge in [-0.3, -0.25) is 10.1 Å². The Morgan fingerprint density at radius 2 is 2.30 bits per heavy atom. The number of aliphatic carboxylic acids is 1. The molecule has 0 bridgehead atoms. The zero-order chi connectivity index (χ0) is 14.6. The van der Waals surface area contributed by atoms with Crippen molar-refractivity contribution >= 4 is 17.3 Å². The zero-order valence-electron chi connectivity index (χ0n) is 12.4. The molecule has 1 fully saturated rings. The molecule has 0 amide bonds. The molecule has 1 aromatic rings. The lowest BCUT2D eigenvalue weighted by molar-refractivity contribution is -0.145. The SMILES string of the molecule is CC(C)C1CCCC(NCc2cccs2)(C(=O)O)CC1. The van der Waals surface area contributed by atoms with Crippen LogP contribution < -0.4 is 5.32 Å². The van der Waals surface area contributed by atoms with Gasteiger partial charge in [-0.15, -0.1) is 11.3 Å². The maximum Gasteiger partial charge on any atom is 0.323 e. The van der Waals surface area contributed by atoms with Gasteiger partial charge in [0.15, 0.2) is 0 Å². The number of thiophene rings is 1. The molecule has 1 aliphatic carbocycles. The molecule has 2 atom stereocenters. The third kappa shape index (κ3) is 3.61. The van der Waals surface area contributed by atoms with Crippen LogP contribution >= 0.6 is 11.3 Å². The Morgan fingerprint density at radius 3 is 2.90 bits per heavy atom. The van der Waals surface area contributed by atoms with E-state index in [1.165, 1.54) is 4.88 Å². The van der Waals surface area contributed by atoms with Crippen LogP contribution in [0.5, 0.6) is 0 Å². The van der Waals surface area contributed by atoms with E-state index in [9.17, 15) is 9.90 Å². The molecule has 0 saturated heterocycles. The summed E-state index contributed by atoms with van der Waals surface area (Å²) >= 11 is 1.68. The fraction of sp³-hybridized carbons (Fsp3) is 0.688. The number of carboxylic acid groups (broad SMARTS) is 1. The van der Waals surface area contributed by atoms with E-state index in [0.717, 1.165) is 32.1 Å². The van der Waals surface area contributed by atoms with Crippen LogP contribution in [0.25, 0.3) is 0 Å². The van der Waals surface area contributed by atoms with Gasteiger partial charge in [-0.05, 0) is 42.5 Å². The van der Waals surface area contributed by atoms with Crippen molar-refractivity contribution in [1.29, 1.82) is 0 Å². The normalized spacial score (nSPS) is 27.4. The Labute approximate surface area is 125 Å². The minimum atomic E-state index is -0.729. The van der Waals surface area contributed by atoms with Crippen molar-refractivity contribution in [2.24, 2.45) is 11.8 Å². The molecular weight excluding hydrogens is 270 g/mol. The molecule has 0 spiro atoms. The Hall–Kier alpha value is -0.870. The minimum absolute atomic E-state index is 0.650. The number of carbonyl (C=O) groups is 1. The summed E-state index contributed by atoms with van der Waals surface area (Å²) in [4.78, 5) is 13.0. The second-order valence-electron chi connectivity index (χ2n) is 6.26. The smallest absolute Gasteiger partial charge is 0.323 e. The Bertz CT molecular complexity index is 430. The average molecular weight is 295 g/mol. The molecular formula is C16H25NO2S. The molecule has 2 rings (SSSR count). The maximum atomic E-state index is 11.8. The van der Waals surface area contributed by atoms with E-state index in [2.05, 4.69) is 25.2 Å².